The molecular formula is C11H22N2O. The van der Waals surface area contributed by atoms with Crippen molar-refractivity contribution in [2.24, 2.45) is 11.1 Å². The van der Waals surface area contributed by atoms with E-state index >= 15 is 0 Å². The van der Waals surface area contributed by atoms with Crippen LogP contribution in [0.25, 0.3) is 0 Å². The van der Waals surface area contributed by atoms with Gasteiger partial charge in [-0.15, -0.1) is 0 Å². The normalized spacial score (nSPS) is 17.9. The second-order valence-electron chi connectivity index (χ2n) is 4.22. The third-order valence-corrected chi connectivity index (χ3v) is 3.15. The number of carbonyl (C=O) groups excluding carboxylic acids is 1. The molecule has 1 aliphatic carbocycles. The highest BCUT2D eigenvalue weighted by molar-refractivity contribution is 5.85. The van der Waals surface area contributed by atoms with Gasteiger partial charge in [-0.2, -0.15) is 0 Å². The van der Waals surface area contributed by atoms with Crippen LogP contribution in [0.5, 0.6) is 0 Å². The Kier molecular flexibility index (Phi) is 3.93. The quantitative estimate of drug-likeness (QED) is 0.700. The van der Waals surface area contributed by atoms with E-state index in [4.69, 9.17) is 5.73 Å². The van der Waals surface area contributed by atoms with Crippen LogP contribution in [-0.4, -0.2) is 30.4 Å². The summed E-state index contributed by atoms with van der Waals surface area (Å²) >= 11 is 0. The molecule has 2 N–H and O–H groups in total. The van der Waals surface area contributed by atoms with Crippen LogP contribution >= 0.6 is 0 Å². The molecule has 0 heterocycles. The summed E-state index contributed by atoms with van der Waals surface area (Å²) in [5.74, 6) is 0.288. The van der Waals surface area contributed by atoms with Crippen LogP contribution in [0, 0.1) is 5.41 Å². The smallest absolute Gasteiger partial charge is 0.230 e. The number of nitrogens with two attached hydrogens (primary N) is 1. The van der Waals surface area contributed by atoms with Crippen LogP contribution in [0.4, 0.5) is 0 Å². The minimum absolute atomic E-state index is 0.163. The first kappa shape index (κ1) is 11.5. The fraction of sp³-hybridized carbons (Fsp3) is 0.909. The van der Waals surface area contributed by atoms with E-state index in [1.165, 1.54) is 0 Å². The van der Waals surface area contributed by atoms with E-state index in [9.17, 15) is 4.79 Å². The lowest BCUT2D eigenvalue weighted by Crippen LogP contribution is -2.40. The lowest BCUT2D eigenvalue weighted by atomic mass is 10.1. The van der Waals surface area contributed by atoms with Gasteiger partial charge in [-0.25, -0.2) is 0 Å². The Balaban J connectivity index is 2.47. The number of nitrogens with zero attached hydrogens (tertiary/aromatic N) is 1. The van der Waals surface area contributed by atoms with Gasteiger partial charge in [0, 0.05) is 19.6 Å². The highest BCUT2D eigenvalue weighted by Gasteiger charge is 2.50. The first-order chi connectivity index (χ1) is 6.70. The Labute approximate surface area is 86.6 Å². The van der Waals surface area contributed by atoms with Crippen molar-refractivity contribution >= 4 is 5.91 Å². The van der Waals surface area contributed by atoms with Gasteiger partial charge in [-0.05, 0) is 26.2 Å². The SMILES string of the molecule is CCCCN(CC)C(=O)C1(CN)CC1. The van der Waals surface area contributed by atoms with Crippen LogP contribution < -0.4 is 5.73 Å². The predicted octanol–water partition coefficient (Wildman–Crippen LogP) is 1.37. The highest BCUT2D eigenvalue weighted by Crippen LogP contribution is 2.46. The molecule has 0 aliphatic heterocycles. The molecule has 0 spiro atoms. The maximum Gasteiger partial charge on any atom is 0.230 e. The van der Waals surface area contributed by atoms with Crippen molar-refractivity contribution in [3.8, 4) is 0 Å². The number of rotatable bonds is 6. The summed E-state index contributed by atoms with van der Waals surface area (Å²) in [7, 11) is 0. The molecule has 0 bridgehead atoms. The lowest BCUT2D eigenvalue weighted by molar-refractivity contribution is -0.136. The van der Waals surface area contributed by atoms with E-state index in [0.29, 0.717) is 6.54 Å². The molecule has 0 aromatic carbocycles. The molecule has 1 fully saturated rings. The van der Waals surface area contributed by atoms with Crippen molar-refractivity contribution in [2.45, 2.75) is 39.5 Å². The van der Waals surface area contributed by atoms with E-state index in [-0.39, 0.29) is 11.3 Å². The van der Waals surface area contributed by atoms with Crippen molar-refractivity contribution < 1.29 is 4.79 Å². The topological polar surface area (TPSA) is 46.3 Å². The van der Waals surface area contributed by atoms with Gasteiger partial charge < -0.3 is 10.6 Å². The standard InChI is InChI=1S/C11H22N2O/c1-3-5-8-13(4-2)10(14)11(9-12)6-7-11/h3-9,12H2,1-2H3. The Morgan fingerprint density at radius 2 is 2.07 bits per heavy atom. The summed E-state index contributed by atoms with van der Waals surface area (Å²) in [6.07, 6.45) is 4.22. The molecule has 3 heteroatoms. The first-order valence-electron chi connectivity index (χ1n) is 5.69. The van der Waals surface area contributed by atoms with E-state index in [2.05, 4.69) is 6.92 Å². The molecular weight excluding hydrogens is 176 g/mol. The lowest BCUT2D eigenvalue weighted by Gasteiger charge is -2.25. The van der Waals surface area contributed by atoms with Crippen molar-refractivity contribution in [2.75, 3.05) is 19.6 Å². The zero-order valence-corrected chi connectivity index (χ0v) is 9.38. The van der Waals surface area contributed by atoms with E-state index in [1.54, 1.807) is 0 Å². The monoisotopic (exact) mass is 198 g/mol. The molecule has 0 radical (unpaired) electrons. The van der Waals surface area contributed by atoms with Crippen LogP contribution in [0.2, 0.25) is 0 Å². The first-order valence-corrected chi connectivity index (χ1v) is 5.69. The van der Waals surface area contributed by atoms with Gasteiger partial charge in [0.15, 0.2) is 0 Å². The minimum Gasteiger partial charge on any atom is -0.342 e. The fourth-order valence-corrected chi connectivity index (χ4v) is 1.74. The van der Waals surface area contributed by atoms with E-state index in [0.717, 1.165) is 38.8 Å². The molecule has 0 aromatic rings. The Hall–Kier alpha value is -0.570. The van der Waals surface area contributed by atoms with Gasteiger partial charge in [-0.3, -0.25) is 4.79 Å². The zero-order valence-electron chi connectivity index (χ0n) is 9.38. The number of amides is 1. The Bertz CT molecular complexity index is 199. The van der Waals surface area contributed by atoms with Crippen molar-refractivity contribution in [1.82, 2.24) is 4.90 Å². The number of hydrogen-bond acceptors (Lipinski definition) is 2. The summed E-state index contributed by atoms with van der Waals surface area (Å²) in [4.78, 5) is 14.0. The molecule has 0 atom stereocenters. The molecule has 1 saturated carbocycles. The molecule has 0 aromatic heterocycles. The molecule has 0 unspecified atom stereocenters. The van der Waals surface area contributed by atoms with E-state index < -0.39 is 0 Å². The average molecular weight is 198 g/mol. The van der Waals surface area contributed by atoms with Crippen molar-refractivity contribution in [3.05, 3.63) is 0 Å². The van der Waals surface area contributed by atoms with Crippen LogP contribution in [0.15, 0.2) is 0 Å². The van der Waals surface area contributed by atoms with Crippen LogP contribution in [0.3, 0.4) is 0 Å². The second-order valence-corrected chi connectivity index (χ2v) is 4.22. The number of unbranched alkanes of at least 4 members (excludes halogenated alkanes) is 1. The van der Waals surface area contributed by atoms with Gasteiger partial charge in [0.2, 0.25) is 5.91 Å². The number of carbonyl (C=O) groups is 1. The maximum atomic E-state index is 12.0. The zero-order chi connectivity index (χ0) is 10.6. The molecule has 1 rings (SSSR count). The van der Waals surface area contributed by atoms with Gasteiger partial charge in [0.1, 0.15) is 0 Å². The van der Waals surface area contributed by atoms with Crippen LogP contribution in [0.1, 0.15) is 39.5 Å². The van der Waals surface area contributed by atoms with Gasteiger partial charge in [0.25, 0.3) is 0 Å². The Morgan fingerprint density at radius 3 is 2.43 bits per heavy atom. The number of hydrogen-bond donors (Lipinski definition) is 1. The van der Waals surface area contributed by atoms with Gasteiger partial charge >= 0.3 is 0 Å². The Morgan fingerprint density at radius 1 is 1.43 bits per heavy atom. The second kappa shape index (κ2) is 4.78. The summed E-state index contributed by atoms with van der Waals surface area (Å²) in [5, 5.41) is 0. The highest BCUT2D eigenvalue weighted by atomic mass is 16.2. The summed E-state index contributed by atoms with van der Waals surface area (Å²) in [6.45, 7) is 6.43. The van der Waals surface area contributed by atoms with Crippen LogP contribution in [-0.2, 0) is 4.79 Å². The third-order valence-electron chi connectivity index (χ3n) is 3.15. The molecule has 82 valence electrons. The summed E-state index contributed by atoms with van der Waals surface area (Å²) in [5.41, 5.74) is 5.48. The maximum absolute atomic E-state index is 12.0. The molecule has 14 heavy (non-hydrogen) atoms. The molecule has 3 nitrogen and oxygen atoms in total. The molecule has 1 amide bonds. The van der Waals surface area contributed by atoms with Crippen molar-refractivity contribution in [3.63, 3.8) is 0 Å². The summed E-state index contributed by atoms with van der Waals surface area (Å²) in [6, 6.07) is 0. The van der Waals surface area contributed by atoms with Gasteiger partial charge in [0.05, 0.1) is 5.41 Å². The molecule has 1 aliphatic rings. The van der Waals surface area contributed by atoms with Crippen molar-refractivity contribution in [1.29, 1.82) is 0 Å². The van der Waals surface area contributed by atoms with E-state index in [1.807, 2.05) is 11.8 Å². The average Bonchev–Trinajstić information content (AvgIpc) is 2.99. The van der Waals surface area contributed by atoms with Gasteiger partial charge in [-0.1, -0.05) is 13.3 Å². The largest absolute Gasteiger partial charge is 0.342 e. The third kappa shape index (κ3) is 2.27. The predicted molar refractivity (Wildman–Crippen MR) is 57.9 cm³/mol. The summed E-state index contributed by atoms with van der Waals surface area (Å²) < 4.78 is 0. The minimum atomic E-state index is -0.163. The molecule has 0 saturated heterocycles. The fourth-order valence-electron chi connectivity index (χ4n) is 1.74.